The molecule has 0 spiro atoms. The summed E-state index contributed by atoms with van der Waals surface area (Å²) in [6.45, 7) is 3.23. The van der Waals surface area contributed by atoms with Gasteiger partial charge >= 0.3 is 0 Å². The predicted molar refractivity (Wildman–Crippen MR) is 81.8 cm³/mol. The van der Waals surface area contributed by atoms with Crippen LogP contribution < -0.4 is 5.56 Å². The summed E-state index contributed by atoms with van der Waals surface area (Å²) in [6, 6.07) is 0. The SMILES string of the molecule is CC[C@]1(CO)CCCN(C(=O)c2cnc(C3CC3)[nH]c2=O)C1. The first-order valence-electron chi connectivity index (χ1n) is 8.08. The van der Waals surface area contributed by atoms with Gasteiger partial charge in [0.2, 0.25) is 0 Å². The third kappa shape index (κ3) is 2.79. The summed E-state index contributed by atoms with van der Waals surface area (Å²) in [5, 5.41) is 9.65. The first kappa shape index (κ1) is 15.2. The van der Waals surface area contributed by atoms with Crippen LogP contribution in [0.15, 0.2) is 11.0 Å². The first-order valence-corrected chi connectivity index (χ1v) is 8.08. The number of aliphatic hydroxyl groups is 1. The number of piperidine rings is 1. The lowest BCUT2D eigenvalue weighted by atomic mass is 9.78. The van der Waals surface area contributed by atoms with Crippen molar-refractivity contribution in [1.29, 1.82) is 0 Å². The molecule has 0 radical (unpaired) electrons. The highest BCUT2D eigenvalue weighted by molar-refractivity contribution is 5.93. The van der Waals surface area contributed by atoms with Gasteiger partial charge in [0.15, 0.2) is 0 Å². The molecule has 1 aliphatic heterocycles. The van der Waals surface area contributed by atoms with Crippen molar-refractivity contribution in [2.45, 2.75) is 44.9 Å². The standard InChI is InChI=1S/C16H23N3O3/c1-2-16(10-20)6-3-7-19(9-16)15(22)12-8-17-13(11-4-5-11)18-14(12)21/h8,11,20H,2-7,9-10H2,1H3,(H,17,18,21)/t16-/m0/s1. The minimum atomic E-state index is -0.349. The molecule has 6 nitrogen and oxygen atoms in total. The summed E-state index contributed by atoms with van der Waals surface area (Å²) in [5.74, 6) is 0.773. The minimum Gasteiger partial charge on any atom is -0.396 e. The van der Waals surface area contributed by atoms with Crippen LogP contribution in [0.4, 0.5) is 0 Å². The van der Waals surface area contributed by atoms with Crippen molar-refractivity contribution in [3.05, 3.63) is 27.9 Å². The fraction of sp³-hybridized carbons (Fsp3) is 0.688. The Morgan fingerprint density at radius 2 is 2.32 bits per heavy atom. The predicted octanol–water partition coefficient (Wildman–Crippen LogP) is 1.27. The molecular formula is C16H23N3O3. The lowest BCUT2D eigenvalue weighted by Crippen LogP contribution is -2.48. The van der Waals surface area contributed by atoms with Crippen LogP contribution in [0.5, 0.6) is 0 Å². The molecule has 1 aromatic rings. The molecule has 1 saturated heterocycles. The van der Waals surface area contributed by atoms with Gasteiger partial charge in [0.05, 0.1) is 6.61 Å². The first-order chi connectivity index (χ1) is 10.6. The van der Waals surface area contributed by atoms with Crippen molar-refractivity contribution in [1.82, 2.24) is 14.9 Å². The largest absolute Gasteiger partial charge is 0.396 e. The average molecular weight is 305 g/mol. The maximum atomic E-state index is 12.6. The number of carbonyl (C=O) groups is 1. The number of likely N-dealkylation sites (tertiary alicyclic amines) is 1. The molecule has 2 heterocycles. The highest BCUT2D eigenvalue weighted by atomic mass is 16.3. The topological polar surface area (TPSA) is 86.3 Å². The molecule has 2 aliphatic rings. The monoisotopic (exact) mass is 305 g/mol. The van der Waals surface area contributed by atoms with Crippen molar-refractivity contribution >= 4 is 5.91 Å². The van der Waals surface area contributed by atoms with Crippen LogP contribution >= 0.6 is 0 Å². The number of nitrogens with zero attached hydrogens (tertiary/aromatic N) is 2. The third-order valence-electron chi connectivity index (χ3n) is 5.05. The normalized spacial score (nSPS) is 25.3. The Hall–Kier alpha value is -1.69. The molecule has 0 unspecified atom stereocenters. The average Bonchev–Trinajstić information content (AvgIpc) is 3.39. The van der Waals surface area contributed by atoms with E-state index >= 15 is 0 Å². The van der Waals surface area contributed by atoms with Crippen molar-refractivity contribution in [2.75, 3.05) is 19.7 Å². The third-order valence-corrected chi connectivity index (χ3v) is 5.05. The van der Waals surface area contributed by atoms with E-state index in [4.69, 9.17) is 0 Å². The van der Waals surface area contributed by atoms with Crippen LogP contribution in [0.2, 0.25) is 0 Å². The van der Waals surface area contributed by atoms with Crippen LogP contribution in [0, 0.1) is 5.41 Å². The number of rotatable bonds is 4. The van der Waals surface area contributed by atoms with E-state index in [0.717, 1.165) is 32.1 Å². The van der Waals surface area contributed by atoms with E-state index in [0.29, 0.717) is 24.8 Å². The number of carbonyl (C=O) groups excluding carboxylic acids is 1. The summed E-state index contributed by atoms with van der Waals surface area (Å²) in [7, 11) is 0. The molecule has 0 aromatic carbocycles. The Bertz CT molecular complexity index is 617. The van der Waals surface area contributed by atoms with Crippen LogP contribution in [0.1, 0.15) is 61.1 Å². The van der Waals surface area contributed by atoms with Crippen molar-refractivity contribution in [3.63, 3.8) is 0 Å². The highest BCUT2D eigenvalue weighted by Crippen LogP contribution is 2.37. The van der Waals surface area contributed by atoms with Gasteiger partial charge in [-0.1, -0.05) is 6.92 Å². The molecule has 2 fully saturated rings. The quantitative estimate of drug-likeness (QED) is 0.877. The van der Waals surface area contributed by atoms with Gasteiger partial charge in [-0.15, -0.1) is 0 Å². The van der Waals surface area contributed by atoms with E-state index in [1.54, 1.807) is 4.90 Å². The van der Waals surface area contributed by atoms with Gasteiger partial charge in [0.1, 0.15) is 11.4 Å². The fourth-order valence-corrected chi connectivity index (χ4v) is 3.21. The van der Waals surface area contributed by atoms with E-state index in [2.05, 4.69) is 9.97 Å². The number of aliphatic hydroxyl groups excluding tert-OH is 1. The Kier molecular flexibility index (Phi) is 4.04. The van der Waals surface area contributed by atoms with Crippen LogP contribution in [-0.4, -0.2) is 45.6 Å². The van der Waals surface area contributed by atoms with E-state index in [-0.39, 0.29) is 29.1 Å². The number of aromatic nitrogens is 2. The van der Waals surface area contributed by atoms with Gasteiger partial charge < -0.3 is 15.0 Å². The number of aromatic amines is 1. The second kappa shape index (κ2) is 5.83. The lowest BCUT2D eigenvalue weighted by molar-refractivity contribution is 0.0250. The number of H-pyrrole nitrogens is 1. The molecule has 6 heteroatoms. The lowest BCUT2D eigenvalue weighted by Gasteiger charge is -2.41. The Morgan fingerprint density at radius 1 is 1.55 bits per heavy atom. The molecule has 1 aliphatic carbocycles. The van der Waals surface area contributed by atoms with Crippen LogP contribution in [-0.2, 0) is 0 Å². The summed E-state index contributed by atoms with van der Waals surface area (Å²) < 4.78 is 0. The zero-order valence-corrected chi connectivity index (χ0v) is 13.0. The van der Waals surface area contributed by atoms with Crippen molar-refractivity contribution in [3.8, 4) is 0 Å². The summed E-state index contributed by atoms with van der Waals surface area (Å²) >= 11 is 0. The number of nitrogens with one attached hydrogen (secondary N) is 1. The van der Waals surface area contributed by atoms with Gasteiger partial charge in [0, 0.05) is 30.6 Å². The van der Waals surface area contributed by atoms with Gasteiger partial charge in [-0.25, -0.2) is 4.98 Å². The minimum absolute atomic E-state index is 0.0719. The molecule has 2 N–H and O–H groups in total. The molecule has 120 valence electrons. The molecular weight excluding hydrogens is 282 g/mol. The van der Waals surface area contributed by atoms with E-state index in [9.17, 15) is 14.7 Å². The highest BCUT2D eigenvalue weighted by Gasteiger charge is 2.36. The molecule has 1 amide bonds. The second-order valence-electron chi connectivity index (χ2n) is 6.63. The van der Waals surface area contributed by atoms with Gasteiger partial charge in [0.25, 0.3) is 11.5 Å². The second-order valence-corrected chi connectivity index (χ2v) is 6.63. The van der Waals surface area contributed by atoms with Gasteiger partial charge in [-0.2, -0.15) is 0 Å². The number of hydrogen-bond acceptors (Lipinski definition) is 4. The fourth-order valence-electron chi connectivity index (χ4n) is 3.21. The maximum Gasteiger partial charge on any atom is 0.263 e. The Labute approximate surface area is 129 Å². The molecule has 1 atom stereocenters. The smallest absolute Gasteiger partial charge is 0.263 e. The Balaban J connectivity index is 1.80. The van der Waals surface area contributed by atoms with E-state index in [1.807, 2.05) is 6.92 Å². The van der Waals surface area contributed by atoms with Gasteiger partial charge in [-0.3, -0.25) is 9.59 Å². The summed E-state index contributed by atoms with van der Waals surface area (Å²) in [6.07, 6.45) is 6.11. The van der Waals surface area contributed by atoms with Gasteiger partial charge in [-0.05, 0) is 32.1 Å². The zero-order chi connectivity index (χ0) is 15.7. The summed E-state index contributed by atoms with van der Waals surface area (Å²) in [5.41, 5.74) is -0.477. The molecule has 3 rings (SSSR count). The van der Waals surface area contributed by atoms with Crippen LogP contribution in [0.25, 0.3) is 0 Å². The zero-order valence-electron chi connectivity index (χ0n) is 13.0. The molecule has 22 heavy (non-hydrogen) atoms. The Morgan fingerprint density at radius 3 is 2.91 bits per heavy atom. The maximum absolute atomic E-state index is 12.6. The van der Waals surface area contributed by atoms with E-state index < -0.39 is 0 Å². The van der Waals surface area contributed by atoms with Crippen LogP contribution in [0.3, 0.4) is 0 Å². The number of hydrogen-bond donors (Lipinski definition) is 2. The molecule has 1 saturated carbocycles. The number of amides is 1. The van der Waals surface area contributed by atoms with E-state index in [1.165, 1.54) is 6.20 Å². The molecule has 1 aromatic heterocycles. The molecule has 0 bridgehead atoms. The van der Waals surface area contributed by atoms with Crippen molar-refractivity contribution < 1.29 is 9.90 Å². The van der Waals surface area contributed by atoms with Crippen molar-refractivity contribution in [2.24, 2.45) is 5.41 Å². The summed E-state index contributed by atoms with van der Waals surface area (Å²) in [4.78, 5) is 33.5.